The Hall–Kier alpha value is -1.68. The molecule has 0 aliphatic heterocycles. The summed E-state index contributed by atoms with van der Waals surface area (Å²) in [5, 5.41) is 13.3. The number of pyridine rings is 1. The van der Waals surface area contributed by atoms with Gasteiger partial charge in [-0.2, -0.15) is 5.26 Å². The number of hydrogen-bond donors (Lipinski definition) is 1. The molecule has 4 nitrogen and oxygen atoms in total. The Morgan fingerprint density at radius 3 is 2.52 bits per heavy atom. The highest BCUT2D eigenvalue weighted by atomic mass is 79.9. The second-order valence-corrected chi connectivity index (χ2v) is 8.65. The number of aromatic nitrogens is 1. The first-order valence-corrected chi connectivity index (χ1v) is 10.4. The van der Waals surface area contributed by atoms with Crippen LogP contribution in [-0.4, -0.2) is 10.9 Å². The van der Waals surface area contributed by atoms with Gasteiger partial charge >= 0.3 is 0 Å². The first kappa shape index (κ1) is 20.1. The van der Waals surface area contributed by atoms with Gasteiger partial charge in [-0.1, -0.05) is 36.6 Å². The van der Waals surface area contributed by atoms with E-state index in [1.165, 1.54) is 6.08 Å². The van der Waals surface area contributed by atoms with Gasteiger partial charge in [0.05, 0.1) is 11.2 Å². The predicted molar refractivity (Wildman–Crippen MR) is 113 cm³/mol. The molecular weight excluding hydrogens is 494 g/mol. The Kier molecular flexibility index (Phi) is 6.36. The van der Waals surface area contributed by atoms with Crippen LogP contribution in [0.5, 0.6) is 0 Å². The molecule has 1 aliphatic carbocycles. The zero-order chi connectivity index (χ0) is 19.4. The Morgan fingerprint density at radius 2 is 1.93 bits per heavy atom. The van der Waals surface area contributed by atoms with Gasteiger partial charge < -0.3 is 5.32 Å². The Balaban J connectivity index is 1.89. The van der Waals surface area contributed by atoms with E-state index in [9.17, 15) is 10.1 Å². The number of hydrogen-bond acceptors (Lipinski definition) is 3. The maximum atomic E-state index is 12.9. The van der Waals surface area contributed by atoms with Crippen molar-refractivity contribution in [3.05, 3.63) is 67.3 Å². The molecule has 1 aromatic carbocycles. The van der Waals surface area contributed by atoms with E-state index in [1.54, 1.807) is 6.20 Å². The second-order valence-electron chi connectivity index (χ2n) is 6.44. The van der Waals surface area contributed by atoms with Gasteiger partial charge in [0.15, 0.2) is 0 Å². The van der Waals surface area contributed by atoms with Crippen LogP contribution in [-0.2, 0) is 10.3 Å². The van der Waals surface area contributed by atoms with Crippen LogP contribution < -0.4 is 5.32 Å². The molecule has 1 fully saturated rings. The zero-order valence-electron chi connectivity index (χ0n) is 14.3. The van der Waals surface area contributed by atoms with Crippen LogP contribution in [0.15, 0.2) is 51.0 Å². The van der Waals surface area contributed by atoms with Crippen LogP contribution in [0.4, 0.5) is 0 Å². The summed E-state index contributed by atoms with van der Waals surface area (Å²) in [6.45, 7) is 0. The van der Waals surface area contributed by atoms with Crippen LogP contribution in [0.1, 0.15) is 36.9 Å². The molecule has 1 saturated carbocycles. The highest BCUT2D eigenvalue weighted by molar-refractivity contribution is 9.11. The number of amides is 1. The van der Waals surface area contributed by atoms with Gasteiger partial charge in [0.2, 0.25) is 0 Å². The van der Waals surface area contributed by atoms with Gasteiger partial charge in [0.25, 0.3) is 5.91 Å². The van der Waals surface area contributed by atoms with Crippen molar-refractivity contribution in [2.24, 2.45) is 0 Å². The standard InChI is InChI=1S/C20H16Br2ClN3O/c21-15-10-17(22)18(25-12-15)9-13(11-24)19(27)26-20(7-1-2-8-20)14-3-5-16(23)6-4-14/h3-6,9-10,12H,1-2,7-8H2,(H,26,27)/b13-9+. The molecule has 0 bridgehead atoms. The Labute approximate surface area is 179 Å². The fourth-order valence-electron chi connectivity index (χ4n) is 3.33. The van der Waals surface area contributed by atoms with Crippen LogP contribution in [0.25, 0.3) is 6.08 Å². The summed E-state index contributed by atoms with van der Waals surface area (Å²) in [4.78, 5) is 17.1. The van der Waals surface area contributed by atoms with Crippen molar-refractivity contribution in [3.63, 3.8) is 0 Å². The van der Waals surface area contributed by atoms with Gasteiger partial charge in [0, 0.05) is 20.2 Å². The van der Waals surface area contributed by atoms with E-state index in [1.807, 2.05) is 36.4 Å². The quantitative estimate of drug-likeness (QED) is 0.421. The third-order valence-corrected chi connectivity index (χ3v) is 6.01. The number of nitrogens with one attached hydrogen (secondary N) is 1. The van der Waals surface area contributed by atoms with Gasteiger partial charge in [-0.05, 0) is 74.5 Å². The fraction of sp³-hybridized carbons (Fsp3) is 0.250. The summed E-state index contributed by atoms with van der Waals surface area (Å²) in [6, 6.07) is 11.4. The lowest BCUT2D eigenvalue weighted by atomic mass is 9.87. The molecule has 138 valence electrons. The summed E-state index contributed by atoms with van der Waals surface area (Å²) in [5.41, 5.74) is 1.09. The van der Waals surface area contributed by atoms with E-state index in [0.717, 1.165) is 35.7 Å². The van der Waals surface area contributed by atoms with E-state index < -0.39 is 11.4 Å². The number of halogens is 3. The molecule has 0 radical (unpaired) electrons. The van der Waals surface area contributed by atoms with Gasteiger partial charge in [-0.15, -0.1) is 0 Å². The van der Waals surface area contributed by atoms with Crippen molar-refractivity contribution in [3.8, 4) is 6.07 Å². The Morgan fingerprint density at radius 1 is 1.26 bits per heavy atom. The minimum Gasteiger partial charge on any atom is -0.342 e. The molecule has 1 aliphatic rings. The number of benzene rings is 1. The third-order valence-electron chi connectivity index (χ3n) is 4.69. The topological polar surface area (TPSA) is 65.8 Å². The van der Waals surface area contributed by atoms with Gasteiger partial charge in [-0.25, -0.2) is 0 Å². The van der Waals surface area contributed by atoms with Crippen LogP contribution in [0.2, 0.25) is 5.02 Å². The number of nitriles is 1. The second kappa shape index (κ2) is 8.55. The van der Waals surface area contributed by atoms with E-state index in [-0.39, 0.29) is 5.57 Å². The summed E-state index contributed by atoms with van der Waals surface area (Å²) in [5.74, 6) is -0.397. The average Bonchev–Trinajstić information content (AvgIpc) is 3.11. The number of nitrogens with zero attached hydrogens (tertiary/aromatic N) is 2. The van der Waals surface area contributed by atoms with Crippen molar-refractivity contribution < 1.29 is 4.79 Å². The van der Waals surface area contributed by atoms with Crippen molar-refractivity contribution in [2.75, 3.05) is 0 Å². The molecule has 1 N–H and O–H groups in total. The van der Waals surface area contributed by atoms with Crippen LogP contribution in [0.3, 0.4) is 0 Å². The van der Waals surface area contributed by atoms with Gasteiger partial charge in [0.1, 0.15) is 11.6 Å². The highest BCUT2D eigenvalue weighted by Gasteiger charge is 2.37. The SMILES string of the molecule is N#C/C(=C\c1ncc(Br)cc1Br)C(=O)NC1(c2ccc(Cl)cc2)CCCC1. The van der Waals surface area contributed by atoms with E-state index in [0.29, 0.717) is 15.2 Å². The summed E-state index contributed by atoms with van der Waals surface area (Å²) >= 11 is 12.7. The third kappa shape index (κ3) is 4.60. The molecule has 0 spiro atoms. The molecule has 27 heavy (non-hydrogen) atoms. The largest absolute Gasteiger partial charge is 0.342 e. The molecule has 1 amide bonds. The molecule has 2 aromatic rings. The van der Waals surface area contributed by atoms with Crippen LogP contribution in [0, 0.1) is 11.3 Å². The van der Waals surface area contributed by atoms with Crippen molar-refractivity contribution >= 4 is 55.4 Å². The van der Waals surface area contributed by atoms with Gasteiger partial charge in [-0.3, -0.25) is 9.78 Å². The normalized spacial score (nSPS) is 16.0. The average molecular weight is 510 g/mol. The predicted octanol–water partition coefficient (Wildman–Crippen LogP) is 5.75. The van der Waals surface area contributed by atoms with E-state index >= 15 is 0 Å². The minimum absolute atomic E-state index is 0.0192. The van der Waals surface area contributed by atoms with E-state index in [2.05, 4.69) is 42.2 Å². The number of carbonyl (C=O) groups excluding carboxylic acids is 1. The maximum absolute atomic E-state index is 12.9. The lowest BCUT2D eigenvalue weighted by molar-refractivity contribution is -0.119. The molecule has 0 atom stereocenters. The summed E-state index contributed by atoms with van der Waals surface area (Å²) in [7, 11) is 0. The lowest BCUT2D eigenvalue weighted by Crippen LogP contribution is -2.44. The van der Waals surface area contributed by atoms with Crippen molar-refractivity contribution in [1.82, 2.24) is 10.3 Å². The minimum atomic E-state index is -0.470. The highest BCUT2D eigenvalue weighted by Crippen LogP contribution is 2.39. The Bertz CT molecular complexity index is 929. The number of carbonyl (C=O) groups is 1. The number of rotatable bonds is 4. The van der Waals surface area contributed by atoms with Crippen molar-refractivity contribution in [2.45, 2.75) is 31.2 Å². The molecular formula is C20H16Br2ClN3O. The molecule has 3 rings (SSSR count). The molecule has 1 heterocycles. The molecule has 0 saturated heterocycles. The smallest absolute Gasteiger partial charge is 0.262 e. The first-order chi connectivity index (χ1) is 12.9. The first-order valence-electron chi connectivity index (χ1n) is 8.45. The zero-order valence-corrected chi connectivity index (χ0v) is 18.2. The summed E-state index contributed by atoms with van der Waals surface area (Å²) in [6.07, 6.45) is 6.83. The monoisotopic (exact) mass is 507 g/mol. The molecule has 7 heteroatoms. The molecule has 1 aromatic heterocycles. The summed E-state index contributed by atoms with van der Waals surface area (Å²) < 4.78 is 1.51. The van der Waals surface area contributed by atoms with E-state index in [4.69, 9.17) is 11.6 Å². The lowest BCUT2D eigenvalue weighted by Gasteiger charge is -2.31. The molecule has 0 unspecified atom stereocenters. The fourth-order valence-corrected chi connectivity index (χ4v) is 4.56. The van der Waals surface area contributed by atoms with Crippen molar-refractivity contribution in [1.29, 1.82) is 5.26 Å². The van der Waals surface area contributed by atoms with Crippen LogP contribution >= 0.6 is 43.5 Å². The maximum Gasteiger partial charge on any atom is 0.262 e.